The first kappa shape index (κ1) is 21.0. The molecule has 0 saturated carbocycles. The van der Waals surface area contributed by atoms with Gasteiger partial charge in [0.05, 0.1) is 16.9 Å². The molecule has 30 heavy (non-hydrogen) atoms. The van der Waals surface area contributed by atoms with Crippen LogP contribution >= 0.6 is 0 Å². The van der Waals surface area contributed by atoms with Crippen LogP contribution in [0.5, 0.6) is 0 Å². The van der Waals surface area contributed by atoms with Gasteiger partial charge < -0.3 is 10.1 Å². The quantitative estimate of drug-likeness (QED) is 0.650. The maximum absolute atomic E-state index is 13.3. The average Bonchev–Trinajstić information content (AvgIpc) is 2.91. The lowest BCUT2D eigenvalue weighted by Gasteiger charge is -2.13. The summed E-state index contributed by atoms with van der Waals surface area (Å²) in [6.45, 7) is 2.94. The van der Waals surface area contributed by atoms with Crippen LogP contribution < -0.4 is 10.9 Å². The highest BCUT2D eigenvalue weighted by Crippen LogP contribution is 2.15. The molecule has 0 fully saturated rings. The number of anilines is 1. The predicted molar refractivity (Wildman–Crippen MR) is 106 cm³/mol. The summed E-state index contributed by atoms with van der Waals surface area (Å²) < 4.78 is 34.5. The number of benzene rings is 2. The van der Waals surface area contributed by atoms with Gasteiger partial charge in [-0.15, -0.1) is 0 Å². The van der Waals surface area contributed by atoms with E-state index in [1.54, 1.807) is 42.9 Å². The molecule has 0 aliphatic carbocycles. The van der Waals surface area contributed by atoms with Crippen molar-refractivity contribution in [3.05, 3.63) is 81.8 Å². The Morgan fingerprint density at radius 2 is 1.67 bits per heavy atom. The molecular formula is C21H19F2N3O4. The molecule has 0 aliphatic heterocycles. The molecule has 3 aromatic rings. The van der Waals surface area contributed by atoms with E-state index < -0.39 is 35.2 Å². The minimum absolute atomic E-state index is 0.0334. The van der Waals surface area contributed by atoms with E-state index in [1.165, 1.54) is 11.6 Å². The van der Waals surface area contributed by atoms with Gasteiger partial charge in [-0.1, -0.05) is 18.2 Å². The summed E-state index contributed by atoms with van der Waals surface area (Å²) in [6, 6.07) is 11.1. The minimum Gasteiger partial charge on any atom is -0.449 e. The summed E-state index contributed by atoms with van der Waals surface area (Å²) in [4.78, 5) is 37.4. The average molecular weight is 415 g/mol. The van der Waals surface area contributed by atoms with E-state index in [-0.39, 0.29) is 11.3 Å². The minimum atomic E-state index is -1.31. The number of hydrogen-bond acceptors (Lipinski definition) is 4. The van der Waals surface area contributed by atoms with E-state index in [0.717, 1.165) is 12.1 Å². The molecule has 3 rings (SSSR count). The number of carbonyl (C=O) groups is 2. The Morgan fingerprint density at radius 3 is 2.27 bits per heavy atom. The molecule has 0 aliphatic rings. The third kappa shape index (κ3) is 4.14. The van der Waals surface area contributed by atoms with Crippen molar-refractivity contribution in [3.8, 4) is 5.69 Å². The lowest BCUT2D eigenvalue weighted by atomic mass is 10.2. The maximum atomic E-state index is 13.3. The number of halogens is 2. The van der Waals surface area contributed by atoms with Gasteiger partial charge >= 0.3 is 5.97 Å². The molecule has 9 heteroatoms. The van der Waals surface area contributed by atoms with Gasteiger partial charge in [-0.25, -0.2) is 18.3 Å². The third-order valence-corrected chi connectivity index (χ3v) is 4.55. The van der Waals surface area contributed by atoms with E-state index in [9.17, 15) is 23.2 Å². The molecule has 0 unspecified atom stereocenters. The highest BCUT2D eigenvalue weighted by molar-refractivity contribution is 5.97. The highest BCUT2D eigenvalue weighted by Gasteiger charge is 2.24. The maximum Gasteiger partial charge on any atom is 0.339 e. The van der Waals surface area contributed by atoms with Crippen LogP contribution in [0.2, 0.25) is 0 Å². The van der Waals surface area contributed by atoms with Crippen LogP contribution in [0.15, 0.2) is 53.3 Å². The normalized spacial score (nSPS) is 11.8. The summed E-state index contributed by atoms with van der Waals surface area (Å²) in [5.41, 5.74) is 0.310. The van der Waals surface area contributed by atoms with E-state index in [4.69, 9.17) is 4.74 Å². The van der Waals surface area contributed by atoms with Gasteiger partial charge in [0.2, 0.25) is 0 Å². The monoisotopic (exact) mass is 415 g/mol. The molecule has 0 radical (unpaired) electrons. The van der Waals surface area contributed by atoms with Gasteiger partial charge in [0.15, 0.2) is 6.10 Å². The first-order valence-corrected chi connectivity index (χ1v) is 9.01. The van der Waals surface area contributed by atoms with Crippen molar-refractivity contribution in [2.75, 3.05) is 5.32 Å². The number of ether oxygens (including phenoxy) is 1. The molecule has 2 aromatic carbocycles. The number of nitrogens with one attached hydrogen (secondary N) is 1. The fraction of sp³-hybridized carbons (Fsp3) is 0.190. The largest absolute Gasteiger partial charge is 0.449 e. The van der Waals surface area contributed by atoms with Crippen molar-refractivity contribution in [2.45, 2.75) is 20.0 Å². The predicted octanol–water partition coefficient (Wildman–Crippen LogP) is 2.95. The zero-order valence-corrected chi connectivity index (χ0v) is 16.5. The number of nitrogens with zero attached hydrogens (tertiary/aromatic N) is 2. The van der Waals surface area contributed by atoms with Gasteiger partial charge in [0, 0.05) is 13.1 Å². The van der Waals surface area contributed by atoms with Crippen LogP contribution in [-0.2, 0) is 16.6 Å². The molecule has 1 aromatic heterocycles. The molecule has 0 bridgehead atoms. The topological polar surface area (TPSA) is 82.3 Å². The molecule has 156 valence electrons. The van der Waals surface area contributed by atoms with Crippen molar-refractivity contribution >= 4 is 17.6 Å². The highest BCUT2D eigenvalue weighted by atomic mass is 19.1. The first-order valence-electron chi connectivity index (χ1n) is 9.01. The molecule has 0 spiro atoms. The number of aromatic nitrogens is 2. The van der Waals surface area contributed by atoms with Crippen LogP contribution in [0, 0.1) is 18.6 Å². The third-order valence-electron chi connectivity index (χ3n) is 4.55. The zero-order chi connectivity index (χ0) is 22.0. The summed E-state index contributed by atoms with van der Waals surface area (Å²) in [5.74, 6) is -3.71. The van der Waals surface area contributed by atoms with E-state index in [1.807, 2.05) is 6.07 Å². The summed E-state index contributed by atoms with van der Waals surface area (Å²) >= 11 is 0. The lowest BCUT2D eigenvalue weighted by Crippen LogP contribution is -2.32. The second-order valence-corrected chi connectivity index (χ2v) is 6.63. The fourth-order valence-electron chi connectivity index (χ4n) is 2.89. The van der Waals surface area contributed by atoms with Crippen LogP contribution in [-0.4, -0.2) is 27.3 Å². The number of hydrogen-bond donors (Lipinski definition) is 1. The summed E-state index contributed by atoms with van der Waals surface area (Å²) in [6.07, 6.45) is -1.31. The molecule has 0 saturated heterocycles. The second kappa shape index (κ2) is 8.32. The van der Waals surface area contributed by atoms with Gasteiger partial charge in [-0.05, 0) is 38.1 Å². The number of para-hydroxylation sites is 1. The number of esters is 1. The SMILES string of the molecule is Cc1c(NC(=O)[C@@H](C)OC(=O)c2cc(F)cc(F)c2)c(=O)n(-c2ccccc2)n1C. The van der Waals surface area contributed by atoms with Crippen molar-refractivity contribution in [1.82, 2.24) is 9.36 Å². The van der Waals surface area contributed by atoms with Gasteiger partial charge in [0.25, 0.3) is 11.5 Å². The molecular weight excluding hydrogens is 396 g/mol. The van der Waals surface area contributed by atoms with Crippen LogP contribution in [0.1, 0.15) is 23.0 Å². The van der Waals surface area contributed by atoms with E-state index in [2.05, 4.69) is 5.32 Å². The number of rotatable bonds is 5. The Labute approximate surface area is 170 Å². The van der Waals surface area contributed by atoms with Crippen molar-refractivity contribution < 1.29 is 23.1 Å². The standard InChI is InChI=1S/C21H19F2N3O4/c1-12-18(20(28)26(25(12)3)17-7-5-4-6-8-17)24-19(27)13(2)30-21(29)14-9-15(22)11-16(23)10-14/h4-11,13H,1-3H3,(H,24,27)/t13-/m1/s1. The summed E-state index contributed by atoms with van der Waals surface area (Å²) in [5, 5.41) is 2.47. The van der Waals surface area contributed by atoms with Gasteiger partial charge in [-0.2, -0.15) is 0 Å². The van der Waals surface area contributed by atoms with Crippen LogP contribution in [0.25, 0.3) is 5.69 Å². The van der Waals surface area contributed by atoms with Crippen LogP contribution in [0.4, 0.5) is 14.5 Å². The van der Waals surface area contributed by atoms with E-state index in [0.29, 0.717) is 17.4 Å². The fourth-order valence-corrected chi connectivity index (χ4v) is 2.89. The Morgan fingerprint density at radius 1 is 1.07 bits per heavy atom. The number of carbonyl (C=O) groups excluding carboxylic acids is 2. The Hall–Kier alpha value is -3.75. The van der Waals surface area contributed by atoms with Crippen LogP contribution in [0.3, 0.4) is 0 Å². The zero-order valence-electron chi connectivity index (χ0n) is 16.5. The molecule has 7 nitrogen and oxygen atoms in total. The lowest BCUT2D eigenvalue weighted by molar-refractivity contribution is -0.123. The van der Waals surface area contributed by atoms with Gasteiger partial charge in [-0.3, -0.25) is 14.3 Å². The molecule has 1 N–H and O–H groups in total. The number of amides is 1. The molecule has 1 amide bonds. The van der Waals surface area contributed by atoms with Crippen molar-refractivity contribution in [1.29, 1.82) is 0 Å². The van der Waals surface area contributed by atoms with Crippen molar-refractivity contribution in [3.63, 3.8) is 0 Å². The van der Waals surface area contributed by atoms with Gasteiger partial charge in [0.1, 0.15) is 17.3 Å². The molecule has 1 heterocycles. The van der Waals surface area contributed by atoms with E-state index >= 15 is 0 Å². The van der Waals surface area contributed by atoms with Crippen molar-refractivity contribution in [2.24, 2.45) is 7.05 Å². The Balaban J connectivity index is 1.79. The second-order valence-electron chi connectivity index (χ2n) is 6.63. The Bertz CT molecular complexity index is 1150. The Kier molecular flexibility index (Phi) is 5.81. The smallest absolute Gasteiger partial charge is 0.339 e. The molecule has 1 atom stereocenters. The first-order chi connectivity index (χ1) is 14.2. The summed E-state index contributed by atoms with van der Waals surface area (Å²) in [7, 11) is 1.67.